The lowest BCUT2D eigenvalue weighted by Gasteiger charge is -2.10. The minimum Gasteiger partial charge on any atom is -0.462 e. The number of carbonyl (C=O) groups excluding carboxylic acids is 1. The molecule has 0 spiro atoms. The number of nitrogens with one attached hydrogen (secondary N) is 2. The van der Waals surface area contributed by atoms with Gasteiger partial charge in [0.1, 0.15) is 11.4 Å². The second-order valence-electron chi connectivity index (χ2n) is 6.21. The Balaban J connectivity index is 1.63. The summed E-state index contributed by atoms with van der Waals surface area (Å²) >= 11 is 0. The van der Waals surface area contributed by atoms with Crippen molar-refractivity contribution in [1.29, 1.82) is 0 Å². The van der Waals surface area contributed by atoms with Crippen LogP contribution in [-0.4, -0.2) is 46.0 Å². The minimum atomic E-state index is -4.07. The van der Waals surface area contributed by atoms with Gasteiger partial charge in [-0.05, 0) is 25.5 Å². The molecule has 0 saturated carbocycles. The van der Waals surface area contributed by atoms with Crippen LogP contribution >= 0.6 is 0 Å². The predicted octanol–water partition coefficient (Wildman–Crippen LogP) is 1.59. The number of hydrogen-bond donors (Lipinski definition) is 2. The number of aromatic amines is 1. The Morgan fingerprint density at radius 2 is 2.21 bits per heavy atom. The Hall–Kier alpha value is -3.21. The molecule has 0 amide bonds. The van der Waals surface area contributed by atoms with Crippen LogP contribution in [0.15, 0.2) is 35.5 Å². The molecular formula is C17H18N6O4S. The van der Waals surface area contributed by atoms with Gasteiger partial charge in [0.15, 0.2) is 10.9 Å². The van der Waals surface area contributed by atoms with Crippen molar-refractivity contribution in [3.8, 4) is 11.4 Å². The van der Waals surface area contributed by atoms with E-state index in [4.69, 9.17) is 4.74 Å². The van der Waals surface area contributed by atoms with Crippen molar-refractivity contribution >= 4 is 21.7 Å². The number of rotatable bonds is 6. The SMILES string of the molecule is CCOC(=O)c1cn[nH]c1S(=O)(=O)Nc1cccc(-c2nnc3n2CCC3)c1. The van der Waals surface area contributed by atoms with Crippen LogP contribution in [-0.2, 0) is 27.7 Å². The summed E-state index contributed by atoms with van der Waals surface area (Å²) < 4.78 is 34.9. The van der Waals surface area contributed by atoms with Crippen molar-refractivity contribution in [1.82, 2.24) is 25.0 Å². The lowest BCUT2D eigenvalue weighted by molar-refractivity contribution is 0.0522. The van der Waals surface area contributed by atoms with E-state index in [0.717, 1.165) is 37.0 Å². The molecule has 0 atom stereocenters. The number of ether oxygens (including phenoxy) is 1. The number of H-pyrrole nitrogens is 1. The second-order valence-corrected chi connectivity index (χ2v) is 7.83. The van der Waals surface area contributed by atoms with Gasteiger partial charge in [0, 0.05) is 24.2 Å². The largest absolute Gasteiger partial charge is 0.462 e. The van der Waals surface area contributed by atoms with Crippen LogP contribution in [0.5, 0.6) is 0 Å². The number of aryl methyl sites for hydroxylation is 1. The van der Waals surface area contributed by atoms with Gasteiger partial charge in [0.25, 0.3) is 10.0 Å². The number of anilines is 1. The van der Waals surface area contributed by atoms with Crippen LogP contribution in [0.1, 0.15) is 29.5 Å². The molecule has 0 saturated heterocycles. The molecule has 10 nitrogen and oxygen atoms in total. The van der Waals surface area contributed by atoms with Crippen LogP contribution in [0.3, 0.4) is 0 Å². The molecule has 28 heavy (non-hydrogen) atoms. The van der Waals surface area contributed by atoms with E-state index >= 15 is 0 Å². The van der Waals surface area contributed by atoms with Crippen molar-refractivity contribution < 1.29 is 17.9 Å². The summed E-state index contributed by atoms with van der Waals surface area (Å²) in [5.41, 5.74) is 0.925. The summed E-state index contributed by atoms with van der Waals surface area (Å²) in [7, 11) is -4.07. The molecule has 3 aromatic rings. The number of hydrogen-bond acceptors (Lipinski definition) is 7. The summed E-state index contributed by atoms with van der Waals surface area (Å²) in [6, 6.07) is 6.85. The van der Waals surface area contributed by atoms with Crippen molar-refractivity contribution in [3.63, 3.8) is 0 Å². The molecule has 1 aromatic carbocycles. The maximum Gasteiger partial charge on any atom is 0.342 e. The van der Waals surface area contributed by atoms with Crippen LogP contribution in [0.25, 0.3) is 11.4 Å². The topological polar surface area (TPSA) is 132 Å². The lowest BCUT2D eigenvalue weighted by atomic mass is 10.2. The zero-order valence-corrected chi connectivity index (χ0v) is 15.9. The molecule has 0 aliphatic carbocycles. The fourth-order valence-corrected chi connectivity index (χ4v) is 4.26. The molecule has 0 radical (unpaired) electrons. The van der Waals surface area contributed by atoms with Gasteiger partial charge in [0.05, 0.1) is 12.8 Å². The smallest absolute Gasteiger partial charge is 0.342 e. The number of nitrogens with zero attached hydrogens (tertiary/aromatic N) is 4. The number of aromatic nitrogens is 5. The first-order valence-corrected chi connectivity index (χ1v) is 10.2. The van der Waals surface area contributed by atoms with E-state index in [1.807, 2.05) is 10.6 Å². The number of carbonyl (C=O) groups is 1. The summed E-state index contributed by atoms with van der Waals surface area (Å²) in [5, 5.41) is 14.1. The minimum absolute atomic E-state index is 0.127. The Labute approximate surface area is 161 Å². The number of esters is 1. The van der Waals surface area contributed by atoms with Crippen LogP contribution in [0.4, 0.5) is 5.69 Å². The second kappa shape index (κ2) is 7.08. The molecule has 146 valence electrons. The molecule has 3 heterocycles. The molecule has 11 heteroatoms. The highest BCUT2D eigenvalue weighted by Gasteiger charge is 2.26. The highest BCUT2D eigenvalue weighted by Crippen LogP contribution is 2.26. The first-order valence-electron chi connectivity index (χ1n) is 8.75. The van der Waals surface area contributed by atoms with Gasteiger partial charge in [-0.25, -0.2) is 4.79 Å². The molecule has 0 fully saturated rings. The van der Waals surface area contributed by atoms with E-state index in [1.165, 1.54) is 0 Å². The van der Waals surface area contributed by atoms with Crippen LogP contribution < -0.4 is 4.72 Å². The normalized spacial score (nSPS) is 13.3. The van der Waals surface area contributed by atoms with E-state index in [0.29, 0.717) is 11.5 Å². The van der Waals surface area contributed by atoms with Gasteiger partial charge in [-0.1, -0.05) is 12.1 Å². The molecule has 4 rings (SSSR count). The third-order valence-corrected chi connectivity index (χ3v) is 5.70. The van der Waals surface area contributed by atoms with Gasteiger partial charge in [-0.2, -0.15) is 13.5 Å². The third-order valence-electron chi connectivity index (χ3n) is 4.35. The quantitative estimate of drug-likeness (QED) is 0.598. The monoisotopic (exact) mass is 402 g/mol. The molecule has 1 aliphatic rings. The molecular weight excluding hydrogens is 384 g/mol. The Kier molecular flexibility index (Phi) is 4.59. The number of benzene rings is 1. The van der Waals surface area contributed by atoms with E-state index in [-0.39, 0.29) is 17.2 Å². The highest BCUT2D eigenvalue weighted by atomic mass is 32.2. The summed E-state index contributed by atoms with van der Waals surface area (Å²) in [5.74, 6) is 0.865. The molecule has 1 aliphatic heterocycles. The van der Waals surface area contributed by atoms with E-state index in [9.17, 15) is 13.2 Å². The zero-order chi connectivity index (χ0) is 19.7. The molecule has 2 N–H and O–H groups in total. The maximum atomic E-state index is 12.8. The van der Waals surface area contributed by atoms with Gasteiger partial charge >= 0.3 is 5.97 Å². The predicted molar refractivity (Wildman–Crippen MR) is 99.1 cm³/mol. The zero-order valence-electron chi connectivity index (χ0n) is 15.0. The fourth-order valence-electron chi connectivity index (χ4n) is 3.13. The first kappa shape index (κ1) is 18.2. The summed E-state index contributed by atoms with van der Waals surface area (Å²) in [4.78, 5) is 12.0. The summed E-state index contributed by atoms with van der Waals surface area (Å²) in [6.45, 7) is 2.60. The van der Waals surface area contributed by atoms with Crippen molar-refractivity contribution in [3.05, 3.63) is 41.9 Å². The first-order chi connectivity index (χ1) is 13.5. The third kappa shape index (κ3) is 3.24. The Morgan fingerprint density at radius 3 is 3.04 bits per heavy atom. The lowest BCUT2D eigenvalue weighted by Crippen LogP contribution is -2.17. The van der Waals surface area contributed by atoms with E-state index in [1.54, 1.807) is 25.1 Å². The van der Waals surface area contributed by atoms with Gasteiger partial charge < -0.3 is 9.30 Å². The Morgan fingerprint density at radius 1 is 1.36 bits per heavy atom. The average Bonchev–Trinajstić information content (AvgIpc) is 3.38. The van der Waals surface area contributed by atoms with Gasteiger partial charge in [-0.3, -0.25) is 9.82 Å². The van der Waals surface area contributed by atoms with Gasteiger partial charge in [-0.15, -0.1) is 10.2 Å². The highest BCUT2D eigenvalue weighted by molar-refractivity contribution is 7.92. The number of fused-ring (bicyclic) bond motifs is 1. The molecule has 2 aromatic heterocycles. The molecule has 0 unspecified atom stereocenters. The standard InChI is InChI=1S/C17H18N6O4S/c1-2-27-17(24)13-10-18-21-16(13)28(25,26)22-12-6-3-5-11(9-12)15-20-19-14-7-4-8-23(14)15/h3,5-6,9-10,22H,2,4,7-8H2,1H3,(H,18,21). The van der Waals surface area contributed by atoms with Gasteiger partial charge in [0.2, 0.25) is 0 Å². The van der Waals surface area contributed by atoms with E-state index < -0.39 is 16.0 Å². The fraction of sp³-hybridized carbons (Fsp3) is 0.294. The van der Waals surface area contributed by atoms with Crippen molar-refractivity contribution in [2.24, 2.45) is 0 Å². The summed E-state index contributed by atoms with van der Waals surface area (Å²) in [6.07, 6.45) is 3.03. The van der Waals surface area contributed by atoms with Crippen molar-refractivity contribution in [2.45, 2.75) is 31.3 Å². The van der Waals surface area contributed by atoms with Crippen molar-refractivity contribution in [2.75, 3.05) is 11.3 Å². The van der Waals surface area contributed by atoms with Crippen LogP contribution in [0.2, 0.25) is 0 Å². The Bertz CT molecular complexity index is 1130. The number of sulfonamides is 1. The van der Waals surface area contributed by atoms with Crippen LogP contribution in [0, 0.1) is 0 Å². The average molecular weight is 402 g/mol. The molecule has 0 bridgehead atoms. The van der Waals surface area contributed by atoms with E-state index in [2.05, 4.69) is 25.1 Å². The maximum absolute atomic E-state index is 12.8.